The van der Waals surface area contributed by atoms with Gasteiger partial charge in [-0.3, -0.25) is 10.8 Å². The van der Waals surface area contributed by atoms with Gasteiger partial charge >= 0.3 is 0 Å². The van der Waals surface area contributed by atoms with E-state index in [0.717, 1.165) is 33.4 Å². The summed E-state index contributed by atoms with van der Waals surface area (Å²) in [5.74, 6) is 5.82. The zero-order valence-electron chi connectivity index (χ0n) is 12.0. The Bertz CT molecular complexity index is 779. The molecule has 0 aliphatic carbocycles. The lowest BCUT2D eigenvalue weighted by atomic mass is 9.96. The van der Waals surface area contributed by atoms with E-state index in [4.69, 9.17) is 5.84 Å². The Morgan fingerprint density at radius 2 is 1.86 bits per heavy atom. The molecular weight excluding hydrogens is 262 g/mol. The molecule has 0 amide bonds. The van der Waals surface area contributed by atoms with Crippen LogP contribution < -0.4 is 11.3 Å². The Morgan fingerprint density at radius 1 is 1.05 bits per heavy atom. The Kier molecular flexibility index (Phi) is 3.60. The van der Waals surface area contributed by atoms with Crippen LogP contribution in [0, 0.1) is 13.8 Å². The molecule has 5 nitrogen and oxygen atoms in total. The zero-order chi connectivity index (χ0) is 14.8. The van der Waals surface area contributed by atoms with Crippen molar-refractivity contribution in [3.05, 3.63) is 65.1 Å². The standard InChI is InChI=1S/C16H17N5/c1-10-9-14(11(2)21-20-10)16(19-17)13-7-3-5-12-6-4-8-18-15(12)13/h3-9,16,19H,17H2,1-2H3. The molecule has 0 bridgehead atoms. The van der Waals surface area contributed by atoms with Crippen LogP contribution in [0.15, 0.2) is 42.6 Å². The second-order valence-corrected chi connectivity index (χ2v) is 5.05. The number of aromatic nitrogens is 3. The second kappa shape index (κ2) is 5.55. The number of rotatable bonds is 3. The molecule has 106 valence electrons. The number of nitrogens with one attached hydrogen (secondary N) is 1. The van der Waals surface area contributed by atoms with E-state index in [1.165, 1.54) is 0 Å². The van der Waals surface area contributed by atoms with Crippen LogP contribution in [0.3, 0.4) is 0 Å². The molecule has 0 saturated carbocycles. The van der Waals surface area contributed by atoms with Gasteiger partial charge in [-0.2, -0.15) is 10.2 Å². The van der Waals surface area contributed by atoms with Crippen molar-refractivity contribution in [2.75, 3.05) is 0 Å². The highest BCUT2D eigenvalue weighted by atomic mass is 15.2. The number of nitrogens with two attached hydrogens (primary N) is 1. The molecule has 1 aromatic carbocycles. The van der Waals surface area contributed by atoms with Crippen molar-refractivity contribution in [3.63, 3.8) is 0 Å². The highest BCUT2D eigenvalue weighted by molar-refractivity contribution is 5.82. The summed E-state index contributed by atoms with van der Waals surface area (Å²) >= 11 is 0. The van der Waals surface area contributed by atoms with Crippen LogP contribution in [-0.2, 0) is 0 Å². The topological polar surface area (TPSA) is 76.7 Å². The molecule has 0 spiro atoms. The fourth-order valence-electron chi connectivity index (χ4n) is 2.57. The first-order valence-corrected chi connectivity index (χ1v) is 6.81. The minimum absolute atomic E-state index is 0.169. The van der Waals surface area contributed by atoms with E-state index in [1.54, 1.807) is 6.20 Å². The van der Waals surface area contributed by atoms with Crippen LogP contribution in [0.1, 0.15) is 28.6 Å². The molecular formula is C16H17N5. The maximum Gasteiger partial charge on any atom is 0.0753 e. The number of hydrazine groups is 1. The quantitative estimate of drug-likeness (QED) is 0.567. The summed E-state index contributed by atoms with van der Waals surface area (Å²) in [4.78, 5) is 4.50. The maximum absolute atomic E-state index is 5.82. The molecule has 1 unspecified atom stereocenters. The molecule has 0 radical (unpaired) electrons. The van der Waals surface area contributed by atoms with Gasteiger partial charge in [-0.25, -0.2) is 5.43 Å². The predicted molar refractivity (Wildman–Crippen MR) is 82.4 cm³/mol. The lowest BCUT2D eigenvalue weighted by Gasteiger charge is -2.19. The molecule has 2 heterocycles. The number of fused-ring (bicyclic) bond motifs is 1. The minimum atomic E-state index is -0.169. The van der Waals surface area contributed by atoms with Gasteiger partial charge in [-0.1, -0.05) is 24.3 Å². The van der Waals surface area contributed by atoms with E-state index in [1.807, 2.05) is 50.2 Å². The first-order valence-electron chi connectivity index (χ1n) is 6.81. The van der Waals surface area contributed by atoms with E-state index in [0.29, 0.717) is 0 Å². The van der Waals surface area contributed by atoms with Gasteiger partial charge in [0.05, 0.1) is 22.9 Å². The van der Waals surface area contributed by atoms with E-state index < -0.39 is 0 Å². The van der Waals surface area contributed by atoms with Gasteiger partial charge in [0, 0.05) is 17.1 Å². The Hall–Kier alpha value is -2.37. The van der Waals surface area contributed by atoms with Gasteiger partial charge in [0.2, 0.25) is 0 Å². The monoisotopic (exact) mass is 279 g/mol. The number of pyridine rings is 1. The summed E-state index contributed by atoms with van der Waals surface area (Å²) < 4.78 is 0. The summed E-state index contributed by atoms with van der Waals surface area (Å²) in [6.45, 7) is 3.86. The van der Waals surface area contributed by atoms with E-state index >= 15 is 0 Å². The van der Waals surface area contributed by atoms with Crippen LogP contribution in [-0.4, -0.2) is 15.2 Å². The third kappa shape index (κ3) is 2.49. The number of para-hydroxylation sites is 1. The predicted octanol–water partition coefficient (Wildman–Crippen LogP) is 2.19. The number of hydrogen-bond donors (Lipinski definition) is 2. The Balaban J connectivity index is 2.21. The van der Waals surface area contributed by atoms with Gasteiger partial charge in [0.25, 0.3) is 0 Å². The lowest BCUT2D eigenvalue weighted by Crippen LogP contribution is -2.30. The van der Waals surface area contributed by atoms with Crippen molar-refractivity contribution in [1.29, 1.82) is 0 Å². The number of aryl methyl sites for hydroxylation is 2. The van der Waals surface area contributed by atoms with Crippen molar-refractivity contribution < 1.29 is 0 Å². The molecule has 2 aromatic heterocycles. The second-order valence-electron chi connectivity index (χ2n) is 5.05. The van der Waals surface area contributed by atoms with Crippen molar-refractivity contribution >= 4 is 10.9 Å². The number of nitrogens with zero attached hydrogens (tertiary/aromatic N) is 3. The Morgan fingerprint density at radius 3 is 2.67 bits per heavy atom. The van der Waals surface area contributed by atoms with Crippen LogP contribution >= 0.6 is 0 Å². The molecule has 0 saturated heterocycles. The van der Waals surface area contributed by atoms with E-state index in [2.05, 4.69) is 20.6 Å². The van der Waals surface area contributed by atoms with Gasteiger partial charge in [-0.05, 0) is 31.5 Å². The normalized spacial score (nSPS) is 12.5. The van der Waals surface area contributed by atoms with Crippen LogP contribution in [0.25, 0.3) is 10.9 Å². The number of hydrogen-bond acceptors (Lipinski definition) is 5. The smallest absolute Gasteiger partial charge is 0.0753 e. The summed E-state index contributed by atoms with van der Waals surface area (Å²) in [5.41, 5.74) is 7.60. The van der Waals surface area contributed by atoms with Crippen molar-refractivity contribution in [3.8, 4) is 0 Å². The fraction of sp³-hybridized carbons (Fsp3) is 0.188. The zero-order valence-corrected chi connectivity index (χ0v) is 12.0. The first-order chi connectivity index (χ1) is 10.2. The highest BCUT2D eigenvalue weighted by Gasteiger charge is 2.19. The molecule has 21 heavy (non-hydrogen) atoms. The summed E-state index contributed by atoms with van der Waals surface area (Å²) in [6, 6.07) is 11.9. The largest absolute Gasteiger partial charge is 0.271 e. The summed E-state index contributed by atoms with van der Waals surface area (Å²) in [7, 11) is 0. The van der Waals surface area contributed by atoms with Gasteiger partial charge < -0.3 is 0 Å². The fourth-order valence-corrected chi connectivity index (χ4v) is 2.57. The third-order valence-corrected chi connectivity index (χ3v) is 3.59. The molecule has 0 aliphatic rings. The van der Waals surface area contributed by atoms with Crippen LogP contribution in [0.4, 0.5) is 0 Å². The SMILES string of the molecule is Cc1cc(C(NN)c2cccc3cccnc23)c(C)nn1. The minimum Gasteiger partial charge on any atom is -0.271 e. The third-order valence-electron chi connectivity index (χ3n) is 3.59. The van der Waals surface area contributed by atoms with Gasteiger partial charge in [0.15, 0.2) is 0 Å². The highest BCUT2D eigenvalue weighted by Crippen LogP contribution is 2.28. The lowest BCUT2D eigenvalue weighted by molar-refractivity contribution is 0.628. The van der Waals surface area contributed by atoms with Crippen LogP contribution in [0.2, 0.25) is 0 Å². The molecule has 0 fully saturated rings. The average Bonchev–Trinajstić information content (AvgIpc) is 2.51. The molecule has 3 N–H and O–H groups in total. The van der Waals surface area contributed by atoms with Crippen LogP contribution in [0.5, 0.6) is 0 Å². The average molecular weight is 279 g/mol. The van der Waals surface area contributed by atoms with Crippen molar-refractivity contribution in [1.82, 2.24) is 20.6 Å². The molecule has 0 aliphatic heterocycles. The van der Waals surface area contributed by atoms with E-state index in [-0.39, 0.29) is 6.04 Å². The molecule has 3 aromatic rings. The van der Waals surface area contributed by atoms with Gasteiger partial charge in [-0.15, -0.1) is 0 Å². The Labute approximate surface area is 123 Å². The van der Waals surface area contributed by atoms with Gasteiger partial charge in [0.1, 0.15) is 0 Å². The van der Waals surface area contributed by atoms with E-state index in [9.17, 15) is 0 Å². The van der Waals surface area contributed by atoms with Crippen molar-refractivity contribution in [2.24, 2.45) is 5.84 Å². The molecule has 5 heteroatoms. The first kappa shape index (κ1) is 13.6. The van der Waals surface area contributed by atoms with Crippen molar-refractivity contribution in [2.45, 2.75) is 19.9 Å². The maximum atomic E-state index is 5.82. The summed E-state index contributed by atoms with van der Waals surface area (Å²) in [5, 5.41) is 9.35. The number of benzene rings is 1. The molecule has 3 rings (SSSR count). The molecule has 1 atom stereocenters. The summed E-state index contributed by atoms with van der Waals surface area (Å²) in [6.07, 6.45) is 1.79.